The molecule has 1 amide bonds. The lowest BCUT2D eigenvalue weighted by Crippen LogP contribution is -2.32. The molecule has 0 aromatic carbocycles. The van der Waals surface area contributed by atoms with Crippen molar-refractivity contribution in [2.24, 2.45) is 0 Å². The maximum absolute atomic E-state index is 12.1. The molecule has 92 valence electrons. The zero-order valence-corrected chi connectivity index (χ0v) is 10.8. The molecule has 4 nitrogen and oxygen atoms in total. The van der Waals surface area contributed by atoms with Gasteiger partial charge in [0.15, 0.2) is 0 Å². The van der Waals surface area contributed by atoms with Crippen LogP contribution in [0.15, 0.2) is 17.5 Å². The first-order chi connectivity index (χ1) is 7.93. The number of nitrogens with zero attached hydrogens (tertiary/aromatic N) is 1. The second-order valence-corrected chi connectivity index (χ2v) is 4.80. The van der Waals surface area contributed by atoms with Gasteiger partial charge in [0.25, 0.3) is 5.91 Å². The molecule has 0 spiro atoms. The van der Waals surface area contributed by atoms with Crippen LogP contribution >= 0.6 is 11.3 Å². The molecule has 0 aliphatic carbocycles. The van der Waals surface area contributed by atoms with Crippen LogP contribution in [-0.2, 0) is 4.79 Å². The van der Waals surface area contributed by atoms with Gasteiger partial charge < -0.3 is 10.0 Å². The van der Waals surface area contributed by atoms with Crippen LogP contribution in [0.1, 0.15) is 29.1 Å². The van der Waals surface area contributed by atoms with Gasteiger partial charge in [-0.15, -0.1) is 11.3 Å². The Labute approximate surface area is 104 Å². The lowest BCUT2D eigenvalue weighted by molar-refractivity contribution is -0.131. The fourth-order valence-electron chi connectivity index (χ4n) is 1.18. The van der Waals surface area contributed by atoms with Crippen LogP contribution in [-0.4, -0.2) is 35.0 Å². The highest BCUT2D eigenvalue weighted by Crippen LogP contribution is 2.20. The van der Waals surface area contributed by atoms with E-state index in [1.807, 2.05) is 13.8 Å². The van der Waals surface area contributed by atoms with Gasteiger partial charge in [0.2, 0.25) is 0 Å². The largest absolute Gasteiger partial charge is 0.478 e. The zero-order valence-electron chi connectivity index (χ0n) is 10.0. The average Bonchev–Trinajstić information content (AvgIpc) is 2.72. The summed E-state index contributed by atoms with van der Waals surface area (Å²) in [7, 11) is 1.73. The first kappa shape index (κ1) is 13.4. The van der Waals surface area contributed by atoms with Gasteiger partial charge in [-0.1, -0.05) is 0 Å². The monoisotopic (exact) mass is 253 g/mol. The molecule has 5 heteroatoms. The molecule has 0 saturated carbocycles. The van der Waals surface area contributed by atoms with Gasteiger partial charge in [-0.3, -0.25) is 4.79 Å². The summed E-state index contributed by atoms with van der Waals surface area (Å²) >= 11 is 1.32. The molecule has 0 bridgehead atoms. The first-order valence-electron chi connectivity index (χ1n) is 5.19. The molecule has 0 unspecified atom stereocenters. The molecule has 0 atom stereocenters. The van der Waals surface area contributed by atoms with Crippen LogP contribution in [0.3, 0.4) is 0 Å². The Morgan fingerprint density at radius 1 is 1.47 bits per heavy atom. The first-order valence-corrected chi connectivity index (χ1v) is 6.07. The summed E-state index contributed by atoms with van der Waals surface area (Å²) in [5.74, 6) is -1.10. The van der Waals surface area contributed by atoms with E-state index in [0.717, 1.165) is 6.08 Å². The van der Waals surface area contributed by atoms with Crippen molar-refractivity contribution in [2.75, 3.05) is 7.05 Å². The van der Waals surface area contributed by atoms with Crippen molar-refractivity contribution in [1.82, 2.24) is 4.90 Å². The van der Waals surface area contributed by atoms with E-state index in [-0.39, 0.29) is 11.9 Å². The van der Waals surface area contributed by atoms with Gasteiger partial charge in [-0.25, -0.2) is 4.79 Å². The Balaban J connectivity index is 2.96. The van der Waals surface area contributed by atoms with E-state index in [9.17, 15) is 9.59 Å². The Morgan fingerprint density at radius 3 is 2.65 bits per heavy atom. The molecule has 0 saturated heterocycles. The Kier molecular flexibility index (Phi) is 4.45. The highest BCUT2D eigenvalue weighted by Gasteiger charge is 2.18. The number of hydrogen-bond acceptors (Lipinski definition) is 3. The second-order valence-electron chi connectivity index (χ2n) is 3.89. The van der Waals surface area contributed by atoms with Gasteiger partial charge >= 0.3 is 5.97 Å². The fourth-order valence-corrected chi connectivity index (χ4v) is 2.05. The normalized spacial score (nSPS) is 11.1. The van der Waals surface area contributed by atoms with Crippen molar-refractivity contribution in [2.45, 2.75) is 19.9 Å². The van der Waals surface area contributed by atoms with Crippen LogP contribution in [0.5, 0.6) is 0 Å². The third-order valence-electron chi connectivity index (χ3n) is 2.39. The number of amides is 1. The van der Waals surface area contributed by atoms with E-state index < -0.39 is 5.97 Å². The van der Waals surface area contributed by atoms with E-state index in [2.05, 4.69) is 0 Å². The lowest BCUT2D eigenvalue weighted by Gasteiger charge is -2.20. The third-order valence-corrected chi connectivity index (χ3v) is 3.31. The highest BCUT2D eigenvalue weighted by atomic mass is 32.1. The van der Waals surface area contributed by atoms with E-state index in [0.29, 0.717) is 10.4 Å². The van der Waals surface area contributed by atoms with Gasteiger partial charge in [-0.2, -0.15) is 0 Å². The molecular weight excluding hydrogens is 238 g/mol. The Bertz CT molecular complexity index is 448. The maximum atomic E-state index is 12.1. The quantitative estimate of drug-likeness (QED) is 0.838. The summed E-state index contributed by atoms with van der Waals surface area (Å²) in [6, 6.07) is 1.85. The summed E-state index contributed by atoms with van der Waals surface area (Å²) in [5.41, 5.74) is 0.648. The van der Waals surface area contributed by atoms with Gasteiger partial charge in [0, 0.05) is 19.2 Å². The standard InChI is InChI=1S/C12H15NO3S/c1-8(2)13(3)12(16)11-9(6-7-17-11)4-5-10(14)15/h4-8H,1-3H3,(H,14,15). The number of thiophene rings is 1. The Morgan fingerprint density at radius 2 is 2.12 bits per heavy atom. The average molecular weight is 253 g/mol. The third kappa shape index (κ3) is 3.42. The Hall–Kier alpha value is -1.62. The molecule has 1 heterocycles. The number of aliphatic carboxylic acids is 1. The summed E-state index contributed by atoms with van der Waals surface area (Å²) < 4.78 is 0. The van der Waals surface area contributed by atoms with E-state index in [1.165, 1.54) is 17.4 Å². The van der Waals surface area contributed by atoms with Crippen molar-refractivity contribution >= 4 is 29.3 Å². The molecule has 0 aliphatic rings. The topological polar surface area (TPSA) is 57.6 Å². The van der Waals surface area contributed by atoms with Crippen LogP contribution < -0.4 is 0 Å². The zero-order chi connectivity index (χ0) is 13.0. The minimum Gasteiger partial charge on any atom is -0.478 e. The number of rotatable bonds is 4. The van der Waals surface area contributed by atoms with Crippen LogP contribution in [0.2, 0.25) is 0 Å². The number of hydrogen-bond donors (Lipinski definition) is 1. The van der Waals surface area contributed by atoms with Crippen molar-refractivity contribution in [3.05, 3.63) is 28.0 Å². The van der Waals surface area contributed by atoms with Crippen LogP contribution in [0.4, 0.5) is 0 Å². The van der Waals surface area contributed by atoms with Gasteiger partial charge in [0.1, 0.15) is 0 Å². The minimum atomic E-state index is -1.02. The van der Waals surface area contributed by atoms with E-state index in [1.54, 1.807) is 23.4 Å². The summed E-state index contributed by atoms with van der Waals surface area (Å²) in [4.78, 5) is 24.7. The summed E-state index contributed by atoms with van der Waals surface area (Å²) in [6.07, 6.45) is 2.48. The second kappa shape index (κ2) is 5.63. The lowest BCUT2D eigenvalue weighted by atomic mass is 10.2. The van der Waals surface area contributed by atoms with Gasteiger partial charge in [0.05, 0.1) is 4.88 Å². The van der Waals surface area contributed by atoms with E-state index >= 15 is 0 Å². The van der Waals surface area contributed by atoms with E-state index in [4.69, 9.17) is 5.11 Å². The summed E-state index contributed by atoms with van der Waals surface area (Å²) in [5, 5.41) is 10.3. The summed E-state index contributed by atoms with van der Waals surface area (Å²) in [6.45, 7) is 3.86. The van der Waals surface area contributed by atoms with Crippen LogP contribution in [0.25, 0.3) is 6.08 Å². The number of carboxylic acid groups (broad SMARTS) is 1. The number of carboxylic acids is 1. The molecule has 0 fully saturated rings. The van der Waals surface area contributed by atoms with Gasteiger partial charge in [-0.05, 0) is 36.9 Å². The highest BCUT2D eigenvalue weighted by molar-refractivity contribution is 7.12. The SMILES string of the molecule is CC(C)N(C)C(=O)c1sccc1C=CC(=O)O. The maximum Gasteiger partial charge on any atom is 0.328 e. The number of carbonyl (C=O) groups excluding carboxylic acids is 1. The molecule has 0 radical (unpaired) electrons. The molecule has 1 rings (SSSR count). The smallest absolute Gasteiger partial charge is 0.328 e. The molecule has 1 N–H and O–H groups in total. The predicted octanol–water partition coefficient (Wildman–Crippen LogP) is 2.33. The van der Waals surface area contributed by atoms with Crippen molar-refractivity contribution in [3.63, 3.8) is 0 Å². The fraction of sp³-hybridized carbons (Fsp3) is 0.333. The minimum absolute atomic E-state index is 0.0833. The number of carbonyl (C=O) groups is 2. The van der Waals surface area contributed by atoms with Crippen molar-refractivity contribution in [3.8, 4) is 0 Å². The predicted molar refractivity (Wildman–Crippen MR) is 68.2 cm³/mol. The molecule has 0 aliphatic heterocycles. The molecular formula is C12H15NO3S. The molecule has 1 aromatic rings. The van der Waals surface area contributed by atoms with Crippen molar-refractivity contribution in [1.29, 1.82) is 0 Å². The van der Waals surface area contributed by atoms with Crippen molar-refractivity contribution < 1.29 is 14.7 Å². The molecule has 17 heavy (non-hydrogen) atoms. The molecule has 1 aromatic heterocycles. The van der Waals surface area contributed by atoms with Crippen LogP contribution in [0, 0.1) is 0 Å².